The zero-order valence-corrected chi connectivity index (χ0v) is 16.1. The second-order valence-electron chi connectivity index (χ2n) is 7.08. The Morgan fingerprint density at radius 2 is 2.08 bits per heavy atom. The monoisotopic (exact) mass is 373 g/mol. The molecule has 1 fully saturated rings. The third kappa shape index (κ3) is 5.05. The van der Waals surface area contributed by atoms with Crippen molar-refractivity contribution < 1.29 is 4.79 Å². The second-order valence-corrected chi connectivity index (χ2v) is 8.03. The zero-order chi connectivity index (χ0) is 18.4. The first-order valence-corrected chi connectivity index (χ1v) is 10.3. The molecule has 3 heterocycles. The lowest BCUT2D eigenvalue weighted by Crippen LogP contribution is -2.34. The van der Waals surface area contributed by atoms with E-state index < -0.39 is 0 Å². The highest BCUT2D eigenvalue weighted by molar-refractivity contribution is 7.13. The number of carbonyl (C=O) groups excluding carboxylic acids is 1. The summed E-state index contributed by atoms with van der Waals surface area (Å²) in [5, 5.41) is 4.82. The lowest BCUT2D eigenvalue weighted by Gasteiger charge is -2.30. The SMILES string of the molecule is CC1CCN(CCCCNC(=O)c2ccc(-c3cccs3)[nH]c2=O)CC1. The molecule has 0 aromatic carbocycles. The number of likely N-dealkylation sites (tertiary alicyclic amines) is 1. The molecule has 0 aliphatic carbocycles. The number of hydrogen-bond donors (Lipinski definition) is 2. The van der Waals surface area contributed by atoms with Crippen LogP contribution in [0.3, 0.4) is 0 Å². The Morgan fingerprint density at radius 3 is 2.77 bits per heavy atom. The summed E-state index contributed by atoms with van der Waals surface area (Å²) < 4.78 is 0. The first-order valence-electron chi connectivity index (χ1n) is 9.41. The fourth-order valence-electron chi connectivity index (χ4n) is 3.27. The Kier molecular flexibility index (Phi) is 6.63. The van der Waals surface area contributed by atoms with Crippen molar-refractivity contribution in [3.63, 3.8) is 0 Å². The molecule has 3 rings (SSSR count). The molecule has 2 N–H and O–H groups in total. The van der Waals surface area contributed by atoms with Gasteiger partial charge in [-0.25, -0.2) is 0 Å². The number of aromatic amines is 1. The van der Waals surface area contributed by atoms with Crippen LogP contribution in [0.15, 0.2) is 34.4 Å². The van der Waals surface area contributed by atoms with Gasteiger partial charge in [-0.05, 0) is 74.8 Å². The van der Waals surface area contributed by atoms with Gasteiger partial charge in [-0.1, -0.05) is 13.0 Å². The summed E-state index contributed by atoms with van der Waals surface area (Å²) in [6.07, 6.45) is 4.59. The van der Waals surface area contributed by atoms with Gasteiger partial charge in [0, 0.05) is 6.54 Å². The van der Waals surface area contributed by atoms with Crippen LogP contribution in [0.1, 0.15) is 43.0 Å². The average molecular weight is 374 g/mol. The number of carbonyl (C=O) groups is 1. The number of pyridine rings is 1. The molecule has 0 unspecified atom stereocenters. The summed E-state index contributed by atoms with van der Waals surface area (Å²) in [6.45, 7) is 6.41. The Morgan fingerprint density at radius 1 is 1.27 bits per heavy atom. The molecule has 1 saturated heterocycles. The van der Waals surface area contributed by atoms with Crippen molar-refractivity contribution in [3.05, 3.63) is 45.6 Å². The molecule has 140 valence electrons. The number of nitrogens with one attached hydrogen (secondary N) is 2. The van der Waals surface area contributed by atoms with Gasteiger partial charge >= 0.3 is 0 Å². The smallest absolute Gasteiger partial charge is 0.261 e. The normalized spacial score (nSPS) is 15.9. The molecule has 0 bridgehead atoms. The Balaban J connectivity index is 1.41. The molecule has 0 spiro atoms. The zero-order valence-electron chi connectivity index (χ0n) is 15.3. The number of thiophene rings is 1. The van der Waals surface area contributed by atoms with Crippen molar-refractivity contribution in [2.75, 3.05) is 26.2 Å². The van der Waals surface area contributed by atoms with Gasteiger partial charge in [0.1, 0.15) is 5.56 Å². The van der Waals surface area contributed by atoms with E-state index in [0.717, 1.165) is 35.9 Å². The molecule has 1 aliphatic rings. The molecule has 0 saturated carbocycles. The molecule has 1 amide bonds. The third-order valence-electron chi connectivity index (χ3n) is 5.00. The van der Waals surface area contributed by atoms with E-state index in [0.29, 0.717) is 6.54 Å². The van der Waals surface area contributed by atoms with Gasteiger partial charge in [0.25, 0.3) is 11.5 Å². The summed E-state index contributed by atoms with van der Waals surface area (Å²) in [7, 11) is 0. The topological polar surface area (TPSA) is 65.2 Å². The Bertz CT molecular complexity index is 762. The number of unbranched alkanes of at least 4 members (excludes halogenated alkanes) is 1. The second kappa shape index (κ2) is 9.14. The van der Waals surface area contributed by atoms with Crippen LogP contribution in [0.4, 0.5) is 0 Å². The van der Waals surface area contributed by atoms with Crippen LogP contribution in [0.2, 0.25) is 0 Å². The first-order chi connectivity index (χ1) is 12.6. The van der Waals surface area contributed by atoms with Gasteiger partial charge in [-0.2, -0.15) is 0 Å². The number of rotatable bonds is 7. The lowest BCUT2D eigenvalue weighted by atomic mass is 9.99. The number of amides is 1. The average Bonchev–Trinajstić information content (AvgIpc) is 3.17. The number of nitrogens with zero attached hydrogens (tertiary/aromatic N) is 1. The number of H-pyrrole nitrogens is 1. The van der Waals surface area contributed by atoms with E-state index in [4.69, 9.17) is 0 Å². The standard InChI is InChI=1S/C20H27N3O2S/c1-15-8-12-23(13-9-15)11-3-2-10-21-19(24)16-6-7-17(22-20(16)25)18-5-4-14-26-18/h4-7,14-15H,2-3,8-13H2,1H3,(H,21,24)(H,22,25). The maximum Gasteiger partial charge on any atom is 0.261 e. The summed E-state index contributed by atoms with van der Waals surface area (Å²) >= 11 is 1.56. The van der Waals surface area contributed by atoms with Crippen molar-refractivity contribution in [3.8, 4) is 10.6 Å². The predicted molar refractivity (Wildman–Crippen MR) is 107 cm³/mol. The van der Waals surface area contributed by atoms with Crippen LogP contribution < -0.4 is 10.9 Å². The largest absolute Gasteiger partial charge is 0.352 e. The van der Waals surface area contributed by atoms with E-state index >= 15 is 0 Å². The number of aromatic nitrogens is 1. The van der Waals surface area contributed by atoms with E-state index in [-0.39, 0.29) is 17.0 Å². The van der Waals surface area contributed by atoms with E-state index in [1.54, 1.807) is 23.5 Å². The fraction of sp³-hybridized carbons (Fsp3) is 0.500. The number of hydrogen-bond acceptors (Lipinski definition) is 4. The molecular weight excluding hydrogens is 346 g/mol. The van der Waals surface area contributed by atoms with Gasteiger partial charge in [0.15, 0.2) is 0 Å². The Labute approximate surface area is 158 Å². The van der Waals surface area contributed by atoms with Crippen molar-refractivity contribution >= 4 is 17.2 Å². The molecule has 2 aromatic heterocycles. The molecule has 0 atom stereocenters. The van der Waals surface area contributed by atoms with Crippen molar-refractivity contribution in [2.45, 2.75) is 32.6 Å². The Hall–Kier alpha value is -1.92. The maximum absolute atomic E-state index is 12.2. The van der Waals surface area contributed by atoms with Gasteiger partial charge < -0.3 is 15.2 Å². The fourth-order valence-corrected chi connectivity index (χ4v) is 3.98. The van der Waals surface area contributed by atoms with Crippen LogP contribution in [-0.4, -0.2) is 42.0 Å². The summed E-state index contributed by atoms with van der Waals surface area (Å²) in [4.78, 5) is 30.7. The maximum atomic E-state index is 12.2. The first kappa shape index (κ1) is 18.9. The van der Waals surface area contributed by atoms with Gasteiger partial charge in [-0.3, -0.25) is 9.59 Å². The summed E-state index contributed by atoms with van der Waals surface area (Å²) in [5.74, 6) is 0.561. The molecule has 2 aromatic rings. The van der Waals surface area contributed by atoms with Crippen molar-refractivity contribution in [1.82, 2.24) is 15.2 Å². The van der Waals surface area contributed by atoms with Gasteiger partial charge in [0.2, 0.25) is 0 Å². The van der Waals surface area contributed by atoms with Crippen LogP contribution in [0, 0.1) is 5.92 Å². The third-order valence-corrected chi connectivity index (χ3v) is 5.91. The summed E-state index contributed by atoms with van der Waals surface area (Å²) in [6, 6.07) is 7.28. The highest BCUT2D eigenvalue weighted by Gasteiger charge is 2.15. The molecule has 5 nitrogen and oxygen atoms in total. The van der Waals surface area contributed by atoms with E-state index in [1.807, 2.05) is 17.5 Å². The van der Waals surface area contributed by atoms with E-state index in [1.165, 1.54) is 25.9 Å². The van der Waals surface area contributed by atoms with Crippen LogP contribution in [-0.2, 0) is 0 Å². The van der Waals surface area contributed by atoms with Crippen molar-refractivity contribution in [2.24, 2.45) is 5.92 Å². The number of piperidine rings is 1. The molecule has 1 aliphatic heterocycles. The van der Waals surface area contributed by atoms with Crippen LogP contribution in [0.5, 0.6) is 0 Å². The molecule has 6 heteroatoms. The highest BCUT2D eigenvalue weighted by Crippen LogP contribution is 2.21. The van der Waals surface area contributed by atoms with E-state index in [2.05, 4.69) is 22.1 Å². The predicted octanol–water partition coefficient (Wildman–Crippen LogP) is 3.35. The highest BCUT2D eigenvalue weighted by atomic mass is 32.1. The van der Waals surface area contributed by atoms with Crippen LogP contribution in [0.25, 0.3) is 10.6 Å². The molecule has 26 heavy (non-hydrogen) atoms. The molecular formula is C20H27N3O2S. The van der Waals surface area contributed by atoms with Gasteiger partial charge in [-0.15, -0.1) is 11.3 Å². The van der Waals surface area contributed by atoms with Gasteiger partial charge in [0.05, 0.1) is 10.6 Å². The quantitative estimate of drug-likeness (QED) is 0.732. The van der Waals surface area contributed by atoms with Crippen molar-refractivity contribution in [1.29, 1.82) is 0 Å². The van der Waals surface area contributed by atoms with E-state index in [9.17, 15) is 9.59 Å². The minimum Gasteiger partial charge on any atom is -0.352 e. The van der Waals surface area contributed by atoms with Crippen LogP contribution >= 0.6 is 11.3 Å². The lowest BCUT2D eigenvalue weighted by molar-refractivity contribution is 0.0950. The minimum atomic E-state index is -0.337. The minimum absolute atomic E-state index is 0.176. The molecule has 0 radical (unpaired) electrons. The summed E-state index contributed by atoms with van der Waals surface area (Å²) in [5.41, 5.74) is 0.587.